The highest BCUT2D eigenvalue weighted by Crippen LogP contribution is 2.43. The van der Waals surface area contributed by atoms with Crippen molar-refractivity contribution < 1.29 is 4.79 Å². The van der Waals surface area contributed by atoms with E-state index in [0.717, 1.165) is 16.7 Å². The summed E-state index contributed by atoms with van der Waals surface area (Å²) in [6.07, 6.45) is 6.59. The fourth-order valence-electron chi connectivity index (χ4n) is 3.73. The Hall–Kier alpha value is -2.59. The van der Waals surface area contributed by atoms with Crippen LogP contribution in [0.5, 0.6) is 0 Å². The van der Waals surface area contributed by atoms with Crippen molar-refractivity contribution in [2.75, 3.05) is 5.32 Å². The predicted molar refractivity (Wildman–Crippen MR) is 117 cm³/mol. The van der Waals surface area contributed by atoms with Gasteiger partial charge in [0, 0.05) is 11.4 Å². The lowest BCUT2D eigenvalue weighted by Crippen LogP contribution is -2.22. The van der Waals surface area contributed by atoms with Crippen LogP contribution in [0, 0.1) is 0 Å². The van der Waals surface area contributed by atoms with Crippen LogP contribution in [0.3, 0.4) is 0 Å². The summed E-state index contributed by atoms with van der Waals surface area (Å²) in [5, 5.41) is 3.29. The zero-order valence-corrected chi connectivity index (χ0v) is 16.6. The Labute approximate surface area is 170 Å². The van der Waals surface area contributed by atoms with E-state index in [2.05, 4.69) is 34.6 Å². The van der Waals surface area contributed by atoms with Crippen LogP contribution in [0.4, 0.5) is 5.82 Å². The van der Waals surface area contributed by atoms with Crippen LogP contribution in [-0.4, -0.2) is 16.1 Å². The van der Waals surface area contributed by atoms with E-state index < -0.39 is 0 Å². The summed E-state index contributed by atoms with van der Waals surface area (Å²) >= 11 is 1.80. The molecule has 1 heterocycles. The van der Waals surface area contributed by atoms with Crippen LogP contribution in [-0.2, 0) is 4.79 Å². The van der Waals surface area contributed by atoms with Crippen molar-refractivity contribution in [1.29, 1.82) is 0 Å². The molecule has 0 bridgehead atoms. The van der Waals surface area contributed by atoms with Gasteiger partial charge in [0.1, 0.15) is 11.1 Å². The average molecular weight is 389 g/mol. The molecule has 0 aliphatic heterocycles. The van der Waals surface area contributed by atoms with Gasteiger partial charge < -0.3 is 5.32 Å². The van der Waals surface area contributed by atoms with Gasteiger partial charge in [0.05, 0.1) is 0 Å². The first kappa shape index (κ1) is 18.8. The first-order chi connectivity index (χ1) is 13.8. The molecule has 1 aliphatic carbocycles. The molecular weight excluding hydrogens is 364 g/mol. The van der Waals surface area contributed by atoms with E-state index in [1.54, 1.807) is 18.0 Å². The number of pyridine rings is 1. The lowest BCUT2D eigenvalue weighted by Gasteiger charge is -2.22. The number of rotatable bonds is 6. The summed E-state index contributed by atoms with van der Waals surface area (Å²) in [5.74, 6) is 0.598. The summed E-state index contributed by atoms with van der Waals surface area (Å²) in [5.41, 5.74) is 3.33. The molecule has 1 saturated carbocycles. The summed E-state index contributed by atoms with van der Waals surface area (Å²) in [7, 11) is 0. The van der Waals surface area contributed by atoms with Crippen molar-refractivity contribution in [3.05, 3.63) is 84.6 Å². The Kier molecular flexibility index (Phi) is 6.07. The van der Waals surface area contributed by atoms with Crippen molar-refractivity contribution in [3.63, 3.8) is 0 Å². The number of hydrogen-bond acceptors (Lipinski definition) is 3. The minimum absolute atomic E-state index is 0.000943. The largest absolute Gasteiger partial charge is 0.309 e. The molecular formula is C24H24N2OS. The third-order valence-corrected chi connectivity index (χ3v) is 6.71. The van der Waals surface area contributed by atoms with Crippen LogP contribution in [0.1, 0.15) is 36.5 Å². The van der Waals surface area contributed by atoms with Gasteiger partial charge in [-0.25, -0.2) is 4.98 Å². The van der Waals surface area contributed by atoms with Crippen molar-refractivity contribution in [2.45, 2.75) is 36.2 Å². The maximum atomic E-state index is 13.3. The van der Waals surface area contributed by atoms with Gasteiger partial charge in [0.25, 0.3) is 0 Å². The van der Waals surface area contributed by atoms with Crippen molar-refractivity contribution in [3.8, 4) is 11.1 Å². The third-order valence-electron chi connectivity index (χ3n) is 5.11. The van der Waals surface area contributed by atoms with E-state index >= 15 is 0 Å². The maximum Gasteiger partial charge on any atom is 0.243 e. The molecule has 1 amide bonds. The molecule has 1 atom stereocenters. The quantitative estimate of drug-likeness (QED) is 0.554. The SMILES string of the molecule is O=C(Nc1ccccn1)C(SC1CCCC1)c1ccccc1-c1ccccc1. The molecule has 1 fully saturated rings. The lowest BCUT2D eigenvalue weighted by atomic mass is 9.97. The summed E-state index contributed by atoms with van der Waals surface area (Å²) < 4.78 is 0. The van der Waals surface area contributed by atoms with E-state index in [4.69, 9.17) is 0 Å². The summed E-state index contributed by atoms with van der Waals surface area (Å²) in [4.78, 5) is 17.6. The number of carbonyl (C=O) groups excluding carboxylic acids is 1. The second-order valence-electron chi connectivity index (χ2n) is 7.08. The average Bonchev–Trinajstić information content (AvgIpc) is 3.27. The van der Waals surface area contributed by atoms with Crippen molar-refractivity contribution in [1.82, 2.24) is 4.98 Å². The third kappa shape index (κ3) is 4.45. The van der Waals surface area contributed by atoms with E-state index in [9.17, 15) is 4.79 Å². The fraction of sp³-hybridized carbons (Fsp3) is 0.250. The molecule has 3 aromatic rings. The standard InChI is InChI=1S/C24H24N2OS/c27-24(26-22-16-8-9-17-25-22)23(28-19-12-4-5-13-19)21-15-7-6-14-20(21)18-10-2-1-3-11-18/h1-3,6-11,14-17,19,23H,4-5,12-13H2,(H,25,26,27). The molecule has 1 N–H and O–H groups in total. The smallest absolute Gasteiger partial charge is 0.243 e. The Morgan fingerprint density at radius 1 is 0.929 bits per heavy atom. The fourth-order valence-corrected chi connectivity index (χ4v) is 5.25. The number of benzene rings is 2. The molecule has 2 aromatic carbocycles. The predicted octanol–water partition coefficient (Wildman–Crippen LogP) is 6.10. The van der Waals surface area contributed by atoms with Crippen LogP contribution >= 0.6 is 11.8 Å². The van der Waals surface area contributed by atoms with Gasteiger partial charge in [0.15, 0.2) is 0 Å². The van der Waals surface area contributed by atoms with E-state index in [0.29, 0.717) is 11.1 Å². The topological polar surface area (TPSA) is 42.0 Å². The minimum atomic E-state index is -0.262. The molecule has 0 saturated heterocycles. The number of amides is 1. The molecule has 142 valence electrons. The molecule has 0 spiro atoms. The van der Waals surface area contributed by atoms with Crippen LogP contribution < -0.4 is 5.32 Å². The van der Waals surface area contributed by atoms with Crippen molar-refractivity contribution in [2.24, 2.45) is 0 Å². The second-order valence-corrected chi connectivity index (χ2v) is 8.49. The van der Waals surface area contributed by atoms with Gasteiger partial charge in [-0.05, 0) is 41.7 Å². The van der Waals surface area contributed by atoms with E-state index in [1.807, 2.05) is 48.5 Å². The van der Waals surface area contributed by atoms with Crippen LogP contribution in [0.2, 0.25) is 0 Å². The second kappa shape index (κ2) is 9.07. The summed E-state index contributed by atoms with van der Waals surface area (Å²) in [6, 6.07) is 24.2. The van der Waals surface area contributed by atoms with Gasteiger partial charge in [-0.1, -0.05) is 73.5 Å². The molecule has 1 unspecified atom stereocenters. The minimum Gasteiger partial charge on any atom is -0.309 e. The Bertz CT molecular complexity index is 908. The first-order valence-electron chi connectivity index (χ1n) is 9.83. The highest BCUT2D eigenvalue weighted by molar-refractivity contribution is 8.00. The van der Waals surface area contributed by atoms with Gasteiger partial charge in [0.2, 0.25) is 5.91 Å². The molecule has 1 aliphatic rings. The molecule has 3 nitrogen and oxygen atoms in total. The molecule has 28 heavy (non-hydrogen) atoms. The number of aromatic nitrogens is 1. The van der Waals surface area contributed by atoms with Crippen LogP contribution in [0.25, 0.3) is 11.1 Å². The van der Waals surface area contributed by atoms with Crippen LogP contribution in [0.15, 0.2) is 79.0 Å². The van der Waals surface area contributed by atoms with Gasteiger partial charge in [-0.3, -0.25) is 4.79 Å². The zero-order chi connectivity index (χ0) is 19.2. The number of nitrogens with one attached hydrogen (secondary N) is 1. The Morgan fingerprint density at radius 2 is 1.64 bits per heavy atom. The van der Waals surface area contributed by atoms with E-state index in [1.165, 1.54) is 25.7 Å². The van der Waals surface area contributed by atoms with Gasteiger partial charge in [-0.2, -0.15) is 0 Å². The normalized spacial score (nSPS) is 15.3. The zero-order valence-electron chi connectivity index (χ0n) is 15.8. The summed E-state index contributed by atoms with van der Waals surface area (Å²) in [6.45, 7) is 0. The first-order valence-corrected chi connectivity index (χ1v) is 10.8. The highest BCUT2D eigenvalue weighted by Gasteiger charge is 2.29. The van der Waals surface area contributed by atoms with Gasteiger partial charge >= 0.3 is 0 Å². The highest BCUT2D eigenvalue weighted by atomic mass is 32.2. The van der Waals surface area contributed by atoms with E-state index in [-0.39, 0.29) is 11.2 Å². The Morgan fingerprint density at radius 3 is 2.39 bits per heavy atom. The maximum absolute atomic E-state index is 13.3. The molecule has 4 rings (SSSR count). The Balaban J connectivity index is 1.68. The molecule has 0 radical (unpaired) electrons. The number of carbonyl (C=O) groups is 1. The molecule has 4 heteroatoms. The number of anilines is 1. The monoisotopic (exact) mass is 388 g/mol. The van der Waals surface area contributed by atoms with Gasteiger partial charge in [-0.15, -0.1) is 11.8 Å². The lowest BCUT2D eigenvalue weighted by molar-refractivity contribution is -0.115. The number of nitrogens with zero attached hydrogens (tertiary/aromatic N) is 1. The molecule has 1 aromatic heterocycles. The number of thioether (sulfide) groups is 1. The van der Waals surface area contributed by atoms with Crippen molar-refractivity contribution >= 4 is 23.5 Å². The number of hydrogen-bond donors (Lipinski definition) is 1.